The minimum Gasteiger partial charge on any atom is -0.449 e. The van der Waals surface area contributed by atoms with Crippen LogP contribution < -0.4 is 20.3 Å². The molecular formula is C21H27Cl2N5O7S. The van der Waals surface area contributed by atoms with Crippen LogP contribution in [0.5, 0.6) is 5.06 Å². The fourth-order valence-corrected chi connectivity index (χ4v) is 5.13. The number of carbonyl (C=O) groups is 3. The van der Waals surface area contributed by atoms with Gasteiger partial charge in [-0.3, -0.25) is 9.59 Å². The molecule has 1 aliphatic rings. The maximum Gasteiger partial charge on any atom is 0.512 e. The lowest BCUT2D eigenvalue weighted by Crippen LogP contribution is -2.55. The van der Waals surface area contributed by atoms with E-state index in [1.807, 2.05) is 4.90 Å². The maximum absolute atomic E-state index is 12.8. The topological polar surface area (TPSA) is 155 Å². The van der Waals surface area contributed by atoms with Gasteiger partial charge in [0, 0.05) is 39.0 Å². The van der Waals surface area contributed by atoms with Crippen LogP contribution in [0, 0.1) is 6.92 Å². The van der Waals surface area contributed by atoms with Crippen molar-refractivity contribution in [2.24, 2.45) is 0 Å². The molecule has 0 unspecified atom stereocenters. The van der Waals surface area contributed by atoms with Crippen molar-refractivity contribution >= 4 is 57.6 Å². The van der Waals surface area contributed by atoms with Crippen molar-refractivity contribution in [2.45, 2.75) is 38.5 Å². The predicted molar refractivity (Wildman–Crippen MR) is 134 cm³/mol. The zero-order chi connectivity index (χ0) is 26.6. The molecule has 0 aliphatic carbocycles. The normalized spacial score (nSPS) is 18.6. The number of aromatic nitrogens is 2. The molecule has 0 radical (unpaired) electrons. The number of amides is 2. The number of H-pyrrole nitrogens is 1. The van der Waals surface area contributed by atoms with Gasteiger partial charge in [0.25, 0.3) is 11.8 Å². The number of rotatable bonds is 9. The van der Waals surface area contributed by atoms with Crippen LogP contribution in [0.15, 0.2) is 0 Å². The third-order valence-corrected chi connectivity index (χ3v) is 7.45. The number of hydrogen-bond donors (Lipinski definition) is 4. The van der Waals surface area contributed by atoms with Crippen LogP contribution in [0.3, 0.4) is 0 Å². The monoisotopic (exact) mass is 563 g/mol. The molecule has 12 nitrogen and oxygen atoms in total. The number of nitrogens with one attached hydrogen (secondary N) is 3. The Labute approximate surface area is 221 Å². The average molecular weight is 564 g/mol. The number of aryl methyl sites for hydroxylation is 1. The number of methoxy groups -OCH3 is 2. The lowest BCUT2D eigenvalue weighted by atomic mass is 10.0. The van der Waals surface area contributed by atoms with Gasteiger partial charge in [-0.25, -0.2) is 9.78 Å². The summed E-state index contributed by atoms with van der Waals surface area (Å²) in [5, 5.41) is 15.4. The van der Waals surface area contributed by atoms with Gasteiger partial charge in [0.05, 0.1) is 28.8 Å². The van der Waals surface area contributed by atoms with Crippen LogP contribution in [0.25, 0.3) is 0 Å². The van der Waals surface area contributed by atoms with E-state index >= 15 is 0 Å². The third kappa shape index (κ3) is 6.40. The van der Waals surface area contributed by atoms with Crippen LogP contribution in [0.2, 0.25) is 10.0 Å². The van der Waals surface area contributed by atoms with Crippen molar-refractivity contribution in [1.82, 2.24) is 20.6 Å². The first-order valence-electron chi connectivity index (χ1n) is 10.9. The SMILES string of the molecule is COC[C@H](C)NC(=O)c1nc(N2CC[C@@H](NC(=O)c3[nH]c(C)c(Cl)c3Cl)[C@@H](OC)C2)sc1OC(=O)O. The van der Waals surface area contributed by atoms with Gasteiger partial charge in [-0.05, 0) is 20.3 Å². The number of anilines is 1. The van der Waals surface area contributed by atoms with Gasteiger partial charge >= 0.3 is 6.16 Å². The molecule has 0 aromatic carbocycles. The standard InChI is InChI=1S/C21H27Cl2N5O7S/c1-9(8-33-3)24-18(30)16-19(35-21(31)32)36-20(27-16)28-6-5-11(12(7-28)34-4)26-17(29)15-14(23)13(22)10(2)25-15/h9,11-12,25H,5-8H2,1-4H3,(H,24,30)(H,26,29)(H,31,32)/t9-,11+,12-/m0/s1. The van der Waals surface area contributed by atoms with Crippen LogP contribution in [-0.2, 0) is 9.47 Å². The summed E-state index contributed by atoms with van der Waals surface area (Å²) < 4.78 is 15.4. The van der Waals surface area contributed by atoms with E-state index in [1.165, 1.54) is 14.2 Å². The first-order valence-corrected chi connectivity index (χ1v) is 12.5. The smallest absolute Gasteiger partial charge is 0.449 e. The zero-order valence-electron chi connectivity index (χ0n) is 20.0. The first kappa shape index (κ1) is 28.0. The van der Waals surface area contributed by atoms with E-state index in [1.54, 1.807) is 13.8 Å². The van der Waals surface area contributed by atoms with Crippen LogP contribution in [-0.4, -0.2) is 85.1 Å². The number of piperidine rings is 1. The fourth-order valence-electron chi connectivity index (χ4n) is 3.77. The number of halogens is 2. The molecule has 0 bridgehead atoms. The van der Waals surface area contributed by atoms with E-state index in [4.69, 9.17) is 42.5 Å². The van der Waals surface area contributed by atoms with Crippen LogP contribution in [0.1, 0.15) is 40.0 Å². The Morgan fingerprint density at radius 3 is 2.58 bits per heavy atom. The largest absolute Gasteiger partial charge is 0.512 e. The van der Waals surface area contributed by atoms with Gasteiger partial charge < -0.3 is 39.8 Å². The van der Waals surface area contributed by atoms with Crippen molar-refractivity contribution in [3.8, 4) is 5.06 Å². The molecule has 4 N–H and O–H groups in total. The molecule has 1 fully saturated rings. The Morgan fingerprint density at radius 2 is 2.00 bits per heavy atom. The summed E-state index contributed by atoms with van der Waals surface area (Å²) in [6.07, 6.45) is -1.51. The molecule has 3 rings (SSSR count). The number of ether oxygens (including phenoxy) is 3. The molecule has 2 amide bonds. The molecular weight excluding hydrogens is 537 g/mol. The quantitative estimate of drug-likeness (QED) is 0.337. The van der Waals surface area contributed by atoms with Gasteiger partial charge in [-0.15, -0.1) is 0 Å². The Kier molecular flexibility index (Phi) is 9.41. The molecule has 0 spiro atoms. The van der Waals surface area contributed by atoms with E-state index in [9.17, 15) is 14.4 Å². The van der Waals surface area contributed by atoms with E-state index < -0.39 is 24.1 Å². The molecule has 1 aliphatic heterocycles. The summed E-state index contributed by atoms with van der Waals surface area (Å²) in [4.78, 5) is 45.7. The van der Waals surface area contributed by atoms with Crippen molar-refractivity contribution in [3.05, 3.63) is 27.1 Å². The predicted octanol–water partition coefficient (Wildman–Crippen LogP) is 2.93. The van der Waals surface area contributed by atoms with Crippen LogP contribution in [0.4, 0.5) is 9.93 Å². The minimum atomic E-state index is -1.56. The first-order chi connectivity index (χ1) is 17.0. The lowest BCUT2D eigenvalue weighted by Gasteiger charge is -2.37. The van der Waals surface area contributed by atoms with Gasteiger partial charge in [-0.2, -0.15) is 0 Å². The van der Waals surface area contributed by atoms with E-state index in [0.717, 1.165) is 11.3 Å². The molecule has 1 saturated heterocycles. The van der Waals surface area contributed by atoms with Crippen molar-refractivity contribution in [1.29, 1.82) is 0 Å². The Bertz CT molecular complexity index is 1120. The third-order valence-electron chi connectivity index (χ3n) is 5.50. The highest BCUT2D eigenvalue weighted by atomic mass is 35.5. The van der Waals surface area contributed by atoms with E-state index in [-0.39, 0.29) is 40.2 Å². The summed E-state index contributed by atoms with van der Waals surface area (Å²) in [6, 6.07) is -0.668. The van der Waals surface area contributed by atoms with Crippen molar-refractivity contribution < 1.29 is 33.7 Å². The molecule has 15 heteroatoms. The molecule has 198 valence electrons. The zero-order valence-corrected chi connectivity index (χ0v) is 22.3. The van der Waals surface area contributed by atoms with E-state index in [0.29, 0.717) is 35.4 Å². The van der Waals surface area contributed by atoms with Crippen molar-refractivity contribution in [2.75, 3.05) is 38.8 Å². The lowest BCUT2D eigenvalue weighted by molar-refractivity contribution is 0.0540. The summed E-state index contributed by atoms with van der Waals surface area (Å²) in [5.74, 6) is -0.994. The minimum absolute atomic E-state index is 0.140. The number of aromatic amines is 1. The molecule has 2 aromatic rings. The molecule has 2 aromatic heterocycles. The van der Waals surface area contributed by atoms with Gasteiger partial charge in [-0.1, -0.05) is 34.5 Å². The highest BCUT2D eigenvalue weighted by Gasteiger charge is 2.34. The molecule has 0 saturated carbocycles. The second-order valence-corrected chi connectivity index (χ2v) is 9.87. The van der Waals surface area contributed by atoms with Gasteiger partial charge in [0.15, 0.2) is 10.8 Å². The number of carboxylic acid groups (broad SMARTS) is 1. The average Bonchev–Trinajstić information content (AvgIpc) is 3.35. The van der Waals surface area contributed by atoms with Crippen molar-refractivity contribution in [3.63, 3.8) is 0 Å². The number of carbonyl (C=O) groups excluding carboxylic acids is 2. The Hall–Kier alpha value is -2.58. The second kappa shape index (κ2) is 12.1. The number of hydrogen-bond acceptors (Lipinski definition) is 9. The molecule has 36 heavy (non-hydrogen) atoms. The second-order valence-electron chi connectivity index (χ2n) is 8.17. The summed E-state index contributed by atoms with van der Waals surface area (Å²) in [5.41, 5.74) is 0.619. The van der Waals surface area contributed by atoms with Crippen LogP contribution >= 0.6 is 34.5 Å². The Balaban J connectivity index is 1.74. The maximum atomic E-state index is 12.8. The molecule has 3 heterocycles. The van der Waals surface area contributed by atoms with Gasteiger partial charge in [0.2, 0.25) is 5.06 Å². The number of nitrogens with zero attached hydrogens (tertiary/aromatic N) is 2. The fraction of sp³-hybridized carbons (Fsp3) is 0.524. The summed E-state index contributed by atoms with van der Waals surface area (Å²) >= 11 is 13.2. The number of thiazole rings is 1. The van der Waals surface area contributed by atoms with E-state index in [2.05, 4.69) is 20.6 Å². The highest BCUT2D eigenvalue weighted by Crippen LogP contribution is 2.35. The highest BCUT2D eigenvalue weighted by molar-refractivity contribution is 7.17. The summed E-state index contributed by atoms with van der Waals surface area (Å²) in [7, 11) is 3.02. The summed E-state index contributed by atoms with van der Waals surface area (Å²) in [6.45, 7) is 4.49. The van der Waals surface area contributed by atoms with Gasteiger partial charge in [0.1, 0.15) is 5.69 Å². The Morgan fingerprint density at radius 1 is 1.28 bits per heavy atom. The molecule has 3 atom stereocenters.